The van der Waals surface area contributed by atoms with Gasteiger partial charge in [-0.25, -0.2) is 22.5 Å². The van der Waals surface area contributed by atoms with Gasteiger partial charge < -0.3 is 5.32 Å². The summed E-state index contributed by atoms with van der Waals surface area (Å²) in [6.45, 7) is 1.31. The minimum atomic E-state index is -1.51. The van der Waals surface area contributed by atoms with Crippen molar-refractivity contribution < 1.29 is 22.4 Å². The molecule has 0 fully saturated rings. The average Bonchev–Trinajstić information content (AvgIpc) is 3.32. The van der Waals surface area contributed by atoms with Crippen molar-refractivity contribution in [3.63, 3.8) is 0 Å². The number of nitrogens with zero attached hydrogens (tertiary/aromatic N) is 4. The predicted octanol–water partition coefficient (Wildman–Crippen LogP) is 5.66. The number of rotatable bonds is 5. The van der Waals surface area contributed by atoms with Crippen molar-refractivity contribution in [2.75, 3.05) is 5.32 Å². The highest BCUT2D eigenvalue weighted by Crippen LogP contribution is 2.26. The lowest BCUT2D eigenvalue weighted by Gasteiger charge is -2.10. The zero-order chi connectivity index (χ0) is 25.4. The molecule has 0 radical (unpaired) electrons. The number of benzene rings is 2. The van der Waals surface area contributed by atoms with Crippen LogP contribution in [0.1, 0.15) is 21.5 Å². The van der Waals surface area contributed by atoms with Gasteiger partial charge in [-0.3, -0.25) is 14.5 Å². The highest BCUT2D eigenvalue weighted by atomic mass is 19.2. The van der Waals surface area contributed by atoms with Crippen LogP contribution in [0.15, 0.2) is 67.0 Å². The van der Waals surface area contributed by atoms with Gasteiger partial charge in [-0.2, -0.15) is 5.10 Å². The number of hydrogen-bond donors (Lipinski definition) is 1. The smallest absolute Gasteiger partial charge is 0.257 e. The lowest BCUT2D eigenvalue weighted by atomic mass is 10.0. The summed E-state index contributed by atoms with van der Waals surface area (Å²) in [5.41, 5.74) is 2.12. The van der Waals surface area contributed by atoms with Crippen LogP contribution in [0.5, 0.6) is 0 Å². The molecule has 0 aliphatic heterocycles. The standard InChI is InChI=1S/C26H17F4N5O/c1-14-5-6-20-15(10-14)16(11-22(32-20)21-4-2-3-8-31-21)26(36)33-23-7-9-35(34-23)13-17-24(29)18(27)12-19(28)25(17)30/h2-12H,13H2,1H3,(H,33,34,36). The van der Waals surface area contributed by atoms with Gasteiger partial charge in [0, 0.05) is 29.9 Å². The molecular formula is C26H17F4N5O. The highest BCUT2D eigenvalue weighted by Gasteiger charge is 2.20. The van der Waals surface area contributed by atoms with E-state index in [-0.39, 0.29) is 11.9 Å². The maximum absolute atomic E-state index is 14.0. The third-order valence-electron chi connectivity index (χ3n) is 5.54. The molecular weight excluding hydrogens is 474 g/mol. The molecule has 3 heterocycles. The molecule has 0 atom stereocenters. The van der Waals surface area contributed by atoms with E-state index >= 15 is 0 Å². The molecule has 0 aliphatic carbocycles. The van der Waals surface area contributed by atoms with Gasteiger partial charge >= 0.3 is 0 Å². The Labute approximate surface area is 202 Å². The monoisotopic (exact) mass is 491 g/mol. The summed E-state index contributed by atoms with van der Waals surface area (Å²) in [7, 11) is 0. The number of amides is 1. The molecule has 0 bridgehead atoms. The molecule has 0 unspecified atom stereocenters. The van der Waals surface area contributed by atoms with Crippen LogP contribution in [0, 0.1) is 30.2 Å². The average molecular weight is 491 g/mol. The Morgan fingerprint density at radius 1 is 0.944 bits per heavy atom. The Kier molecular flexibility index (Phi) is 5.93. The molecule has 0 saturated heterocycles. The molecule has 2 aromatic carbocycles. The normalized spacial score (nSPS) is 11.1. The first kappa shape index (κ1) is 23.2. The molecule has 10 heteroatoms. The summed E-state index contributed by atoms with van der Waals surface area (Å²) in [6, 6.07) is 14.1. The van der Waals surface area contributed by atoms with Crippen LogP contribution in [0.3, 0.4) is 0 Å². The number of fused-ring (bicyclic) bond motifs is 1. The fourth-order valence-electron chi connectivity index (χ4n) is 3.80. The largest absolute Gasteiger partial charge is 0.305 e. The summed E-state index contributed by atoms with van der Waals surface area (Å²) >= 11 is 0. The van der Waals surface area contributed by atoms with Crippen molar-refractivity contribution in [1.29, 1.82) is 0 Å². The Hall–Kier alpha value is -4.60. The third kappa shape index (κ3) is 4.40. The first-order chi connectivity index (χ1) is 17.3. The van der Waals surface area contributed by atoms with E-state index in [4.69, 9.17) is 0 Å². The van der Waals surface area contributed by atoms with Crippen LogP contribution in [0.4, 0.5) is 23.4 Å². The van der Waals surface area contributed by atoms with Crippen molar-refractivity contribution >= 4 is 22.6 Å². The number of hydrogen-bond acceptors (Lipinski definition) is 4. The molecule has 0 aliphatic rings. The van der Waals surface area contributed by atoms with E-state index in [1.807, 2.05) is 31.2 Å². The first-order valence-electron chi connectivity index (χ1n) is 10.8. The van der Waals surface area contributed by atoms with Gasteiger partial charge in [-0.05, 0) is 37.3 Å². The SMILES string of the molecule is Cc1ccc2nc(-c3ccccn3)cc(C(=O)Nc3ccn(Cc4c(F)c(F)cc(F)c4F)n3)c2c1. The summed E-state index contributed by atoms with van der Waals surface area (Å²) in [6.07, 6.45) is 2.95. The number of pyridine rings is 2. The van der Waals surface area contributed by atoms with Crippen molar-refractivity contribution in [3.8, 4) is 11.4 Å². The van der Waals surface area contributed by atoms with Crippen molar-refractivity contribution in [3.05, 3.63) is 107 Å². The molecule has 6 nitrogen and oxygen atoms in total. The van der Waals surface area contributed by atoms with E-state index in [1.165, 1.54) is 12.3 Å². The quantitative estimate of drug-likeness (QED) is 0.254. The number of carbonyl (C=O) groups is 1. The van der Waals surface area contributed by atoms with Crippen molar-refractivity contribution in [1.82, 2.24) is 19.7 Å². The van der Waals surface area contributed by atoms with E-state index in [2.05, 4.69) is 20.4 Å². The van der Waals surface area contributed by atoms with Crippen molar-refractivity contribution in [2.45, 2.75) is 13.5 Å². The fraction of sp³-hybridized carbons (Fsp3) is 0.0769. The lowest BCUT2D eigenvalue weighted by molar-refractivity contribution is 0.102. The Morgan fingerprint density at radius 3 is 2.44 bits per heavy atom. The molecule has 36 heavy (non-hydrogen) atoms. The summed E-state index contributed by atoms with van der Waals surface area (Å²) in [5, 5.41) is 7.34. The second-order valence-electron chi connectivity index (χ2n) is 8.09. The zero-order valence-corrected chi connectivity index (χ0v) is 18.8. The second-order valence-corrected chi connectivity index (χ2v) is 8.09. The fourth-order valence-corrected chi connectivity index (χ4v) is 3.80. The maximum atomic E-state index is 14.0. The highest BCUT2D eigenvalue weighted by molar-refractivity contribution is 6.12. The lowest BCUT2D eigenvalue weighted by Crippen LogP contribution is -2.14. The Bertz CT molecular complexity index is 1590. The Balaban J connectivity index is 1.46. The summed E-state index contributed by atoms with van der Waals surface area (Å²) in [5.74, 6) is -6.44. The van der Waals surface area contributed by atoms with E-state index in [0.29, 0.717) is 27.9 Å². The van der Waals surface area contributed by atoms with Crippen LogP contribution < -0.4 is 5.32 Å². The van der Waals surface area contributed by atoms with Gasteiger partial charge in [-0.15, -0.1) is 0 Å². The number of halogens is 4. The van der Waals surface area contributed by atoms with Gasteiger partial charge in [0.05, 0.1) is 34.6 Å². The molecule has 0 spiro atoms. The number of nitrogens with one attached hydrogen (secondary N) is 1. The van der Waals surface area contributed by atoms with E-state index in [9.17, 15) is 22.4 Å². The molecule has 1 N–H and O–H groups in total. The van der Waals surface area contributed by atoms with E-state index in [1.54, 1.807) is 24.4 Å². The van der Waals surface area contributed by atoms with Gasteiger partial charge in [0.15, 0.2) is 29.1 Å². The predicted molar refractivity (Wildman–Crippen MR) is 125 cm³/mol. The topological polar surface area (TPSA) is 72.7 Å². The van der Waals surface area contributed by atoms with Crippen LogP contribution >= 0.6 is 0 Å². The van der Waals surface area contributed by atoms with Gasteiger partial charge in [0.1, 0.15) is 0 Å². The third-order valence-corrected chi connectivity index (χ3v) is 5.54. The number of anilines is 1. The van der Waals surface area contributed by atoms with E-state index < -0.39 is 41.3 Å². The van der Waals surface area contributed by atoms with Crippen LogP contribution in [-0.4, -0.2) is 25.7 Å². The minimum absolute atomic E-state index is 0.0784. The van der Waals surface area contributed by atoms with Crippen molar-refractivity contribution in [2.24, 2.45) is 0 Å². The summed E-state index contributed by atoms with van der Waals surface area (Å²) in [4.78, 5) is 22.2. The van der Waals surface area contributed by atoms with E-state index in [0.717, 1.165) is 10.2 Å². The Morgan fingerprint density at radius 2 is 1.72 bits per heavy atom. The molecule has 180 valence electrons. The van der Waals surface area contributed by atoms with Gasteiger partial charge in [-0.1, -0.05) is 17.7 Å². The summed E-state index contributed by atoms with van der Waals surface area (Å²) < 4.78 is 56.1. The maximum Gasteiger partial charge on any atom is 0.257 e. The second kappa shape index (κ2) is 9.21. The molecule has 5 aromatic rings. The number of carbonyl (C=O) groups excluding carboxylic acids is 1. The molecule has 5 rings (SSSR count). The van der Waals surface area contributed by atoms with Crippen LogP contribution in [0.25, 0.3) is 22.3 Å². The molecule has 1 amide bonds. The van der Waals surface area contributed by atoms with Gasteiger partial charge in [0.25, 0.3) is 5.91 Å². The minimum Gasteiger partial charge on any atom is -0.305 e. The zero-order valence-electron chi connectivity index (χ0n) is 18.8. The van der Waals surface area contributed by atoms with Gasteiger partial charge in [0.2, 0.25) is 0 Å². The number of aryl methyl sites for hydroxylation is 1. The molecule has 3 aromatic heterocycles. The number of aromatic nitrogens is 4. The first-order valence-corrected chi connectivity index (χ1v) is 10.8. The molecule has 0 saturated carbocycles. The van der Waals surface area contributed by atoms with Crippen LogP contribution in [-0.2, 0) is 6.54 Å². The van der Waals surface area contributed by atoms with Crippen LogP contribution in [0.2, 0.25) is 0 Å².